The summed E-state index contributed by atoms with van der Waals surface area (Å²) in [6.45, 7) is 0. The number of hydrogen-bond donors (Lipinski definition) is 0. The summed E-state index contributed by atoms with van der Waals surface area (Å²) >= 11 is 1.48. The molecule has 1 saturated heterocycles. The number of carbonyl (C=O) groups is 2. The van der Waals surface area contributed by atoms with Gasteiger partial charge in [-0.25, -0.2) is 4.90 Å². The van der Waals surface area contributed by atoms with Gasteiger partial charge in [0.1, 0.15) is 11.6 Å². The summed E-state index contributed by atoms with van der Waals surface area (Å²) in [5.41, 5.74) is 1.11. The van der Waals surface area contributed by atoms with Crippen molar-refractivity contribution < 1.29 is 14.4 Å². The number of oxime groups is 1. The van der Waals surface area contributed by atoms with Crippen molar-refractivity contribution in [2.24, 2.45) is 11.1 Å². The van der Waals surface area contributed by atoms with E-state index < -0.39 is 12.0 Å². The van der Waals surface area contributed by atoms with Gasteiger partial charge >= 0.3 is 0 Å². The normalized spacial score (nSPS) is 24.0. The van der Waals surface area contributed by atoms with Gasteiger partial charge in [0.15, 0.2) is 0 Å². The highest BCUT2D eigenvalue weighted by Gasteiger charge is 2.56. The summed E-state index contributed by atoms with van der Waals surface area (Å²) in [4.78, 5) is 32.4. The maximum Gasteiger partial charge on any atom is 0.278 e. The van der Waals surface area contributed by atoms with E-state index in [2.05, 4.69) is 5.16 Å². The predicted octanol–water partition coefficient (Wildman–Crippen LogP) is 2.04. The first-order valence-electron chi connectivity index (χ1n) is 6.48. The molecule has 4 rings (SSSR count). The molecule has 5 nitrogen and oxygen atoms in total. The number of anilines is 1. The van der Waals surface area contributed by atoms with Crippen LogP contribution in [-0.2, 0) is 14.4 Å². The van der Waals surface area contributed by atoms with Crippen LogP contribution in [0, 0.1) is 5.92 Å². The first-order chi connectivity index (χ1) is 10.3. The van der Waals surface area contributed by atoms with E-state index in [1.54, 1.807) is 24.3 Å². The van der Waals surface area contributed by atoms with Crippen molar-refractivity contribution in [3.05, 3.63) is 52.7 Å². The first kappa shape index (κ1) is 12.3. The molecule has 2 atom stereocenters. The molecule has 2 unspecified atom stereocenters. The Morgan fingerprint density at radius 2 is 1.86 bits per heavy atom. The lowest BCUT2D eigenvalue weighted by atomic mass is 9.99. The van der Waals surface area contributed by atoms with Crippen molar-refractivity contribution in [3.63, 3.8) is 0 Å². The Kier molecular flexibility index (Phi) is 2.65. The van der Waals surface area contributed by atoms with Crippen molar-refractivity contribution in [2.45, 2.75) is 6.10 Å². The number of rotatable bonds is 2. The van der Waals surface area contributed by atoms with Crippen molar-refractivity contribution in [3.8, 4) is 0 Å². The third-order valence-electron chi connectivity index (χ3n) is 3.60. The number of benzene rings is 1. The first-order valence-corrected chi connectivity index (χ1v) is 7.36. The molecular weight excluding hydrogens is 288 g/mol. The quantitative estimate of drug-likeness (QED) is 0.797. The average molecular weight is 298 g/mol. The molecule has 2 amide bonds. The van der Waals surface area contributed by atoms with Gasteiger partial charge in [0.05, 0.1) is 10.6 Å². The molecular formula is C15H10N2O3S. The van der Waals surface area contributed by atoms with Crippen LogP contribution in [0.15, 0.2) is 53.0 Å². The fourth-order valence-corrected chi connectivity index (χ4v) is 3.38. The molecule has 6 heteroatoms. The number of imide groups is 1. The number of carbonyl (C=O) groups excluding carboxylic acids is 2. The van der Waals surface area contributed by atoms with Gasteiger partial charge in [-0.1, -0.05) is 29.4 Å². The lowest BCUT2D eigenvalue weighted by molar-refractivity contribution is -0.126. The minimum Gasteiger partial charge on any atom is -0.381 e. The highest BCUT2D eigenvalue weighted by Crippen LogP contribution is 2.35. The molecule has 3 heterocycles. The van der Waals surface area contributed by atoms with Crippen LogP contribution in [-0.4, -0.2) is 23.6 Å². The third-order valence-corrected chi connectivity index (χ3v) is 4.49. The fourth-order valence-electron chi connectivity index (χ4n) is 2.64. The number of amides is 2. The van der Waals surface area contributed by atoms with E-state index in [4.69, 9.17) is 4.84 Å². The summed E-state index contributed by atoms with van der Waals surface area (Å²) < 4.78 is 0. The van der Waals surface area contributed by atoms with Crippen LogP contribution in [0.2, 0.25) is 0 Å². The lowest BCUT2D eigenvalue weighted by Gasteiger charge is -2.14. The van der Waals surface area contributed by atoms with Gasteiger partial charge < -0.3 is 4.84 Å². The number of para-hydroxylation sites is 1. The van der Waals surface area contributed by atoms with E-state index in [0.717, 1.165) is 4.88 Å². The second kappa shape index (κ2) is 4.53. The molecule has 2 aromatic rings. The van der Waals surface area contributed by atoms with E-state index in [1.165, 1.54) is 16.2 Å². The standard InChI is InChI=1S/C15H10N2O3S/c18-14-11-12(10-7-4-8-21-10)16-20-13(11)15(19)17(14)9-5-2-1-3-6-9/h1-8,11,13H. The Morgan fingerprint density at radius 1 is 1.05 bits per heavy atom. The molecule has 0 N–H and O–H groups in total. The highest BCUT2D eigenvalue weighted by atomic mass is 32.1. The van der Waals surface area contributed by atoms with Gasteiger partial charge in [0, 0.05) is 0 Å². The van der Waals surface area contributed by atoms with Crippen molar-refractivity contribution in [2.75, 3.05) is 4.90 Å². The second-order valence-electron chi connectivity index (χ2n) is 4.80. The Labute approximate surface area is 124 Å². The minimum atomic E-state index is -0.838. The summed E-state index contributed by atoms with van der Waals surface area (Å²) in [7, 11) is 0. The van der Waals surface area contributed by atoms with Crippen molar-refractivity contribution >= 4 is 34.6 Å². The molecule has 2 aliphatic rings. The molecule has 2 aliphatic heterocycles. The Balaban J connectivity index is 1.73. The van der Waals surface area contributed by atoms with Gasteiger partial charge in [0.2, 0.25) is 12.0 Å². The average Bonchev–Trinajstić information content (AvgIpc) is 3.20. The molecule has 0 saturated carbocycles. The Morgan fingerprint density at radius 3 is 2.57 bits per heavy atom. The van der Waals surface area contributed by atoms with Crippen LogP contribution >= 0.6 is 11.3 Å². The molecule has 0 spiro atoms. The van der Waals surface area contributed by atoms with Gasteiger partial charge in [0.25, 0.3) is 5.91 Å². The van der Waals surface area contributed by atoms with Crippen LogP contribution in [0.3, 0.4) is 0 Å². The summed E-state index contributed by atoms with van der Waals surface area (Å²) in [6.07, 6.45) is -0.838. The molecule has 0 radical (unpaired) electrons. The van der Waals surface area contributed by atoms with Crippen molar-refractivity contribution in [1.29, 1.82) is 0 Å². The summed E-state index contributed by atoms with van der Waals surface area (Å²) in [6, 6.07) is 12.6. The number of thiophene rings is 1. The molecule has 1 aromatic heterocycles. The van der Waals surface area contributed by atoms with Gasteiger partial charge in [-0.2, -0.15) is 0 Å². The molecule has 0 bridgehead atoms. The molecule has 104 valence electrons. The minimum absolute atomic E-state index is 0.277. The predicted molar refractivity (Wildman–Crippen MR) is 78.2 cm³/mol. The van der Waals surface area contributed by atoms with Crippen LogP contribution < -0.4 is 4.90 Å². The highest BCUT2D eigenvalue weighted by molar-refractivity contribution is 7.12. The Hall–Kier alpha value is -2.47. The zero-order valence-electron chi connectivity index (χ0n) is 10.8. The fraction of sp³-hybridized carbons (Fsp3) is 0.133. The third kappa shape index (κ3) is 1.72. The zero-order chi connectivity index (χ0) is 14.4. The van der Waals surface area contributed by atoms with Crippen LogP contribution in [0.1, 0.15) is 4.88 Å². The second-order valence-corrected chi connectivity index (χ2v) is 5.75. The molecule has 1 aromatic carbocycles. The van der Waals surface area contributed by atoms with E-state index in [-0.39, 0.29) is 11.8 Å². The number of hydrogen-bond acceptors (Lipinski definition) is 5. The smallest absolute Gasteiger partial charge is 0.278 e. The van der Waals surface area contributed by atoms with Crippen LogP contribution in [0.5, 0.6) is 0 Å². The molecule has 1 fully saturated rings. The van der Waals surface area contributed by atoms with Crippen LogP contribution in [0.25, 0.3) is 0 Å². The maximum atomic E-state index is 12.7. The van der Waals surface area contributed by atoms with E-state index in [1.807, 2.05) is 23.6 Å². The largest absolute Gasteiger partial charge is 0.381 e. The van der Waals surface area contributed by atoms with E-state index >= 15 is 0 Å². The van der Waals surface area contributed by atoms with Crippen LogP contribution in [0.4, 0.5) is 5.69 Å². The lowest BCUT2D eigenvalue weighted by Crippen LogP contribution is -2.33. The zero-order valence-corrected chi connectivity index (χ0v) is 11.6. The van der Waals surface area contributed by atoms with Gasteiger partial charge in [-0.3, -0.25) is 9.59 Å². The number of fused-ring (bicyclic) bond motifs is 1. The monoisotopic (exact) mass is 298 g/mol. The SMILES string of the molecule is O=C1C2ON=C(c3cccs3)C2C(=O)N1c1ccccc1. The van der Waals surface area contributed by atoms with Gasteiger partial charge in [-0.15, -0.1) is 11.3 Å². The number of nitrogens with zero attached hydrogens (tertiary/aromatic N) is 2. The topological polar surface area (TPSA) is 59.0 Å². The van der Waals surface area contributed by atoms with E-state index in [0.29, 0.717) is 11.4 Å². The molecule has 0 aliphatic carbocycles. The maximum absolute atomic E-state index is 12.7. The van der Waals surface area contributed by atoms with E-state index in [9.17, 15) is 9.59 Å². The Bertz CT molecular complexity index is 740. The summed E-state index contributed by atoms with van der Waals surface area (Å²) in [5, 5.41) is 5.85. The molecule has 21 heavy (non-hydrogen) atoms. The van der Waals surface area contributed by atoms with Gasteiger partial charge in [-0.05, 0) is 23.6 Å². The summed E-state index contributed by atoms with van der Waals surface area (Å²) in [5.74, 6) is -1.27. The van der Waals surface area contributed by atoms with Crippen molar-refractivity contribution in [1.82, 2.24) is 0 Å².